The molecule has 8 heteroatoms. The van der Waals surface area contributed by atoms with Crippen molar-refractivity contribution < 1.29 is 18.7 Å². The Hall–Kier alpha value is -3.26. The molecule has 184 valence electrons. The van der Waals surface area contributed by atoms with Gasteiger partial charge < -0.3 is 15.0 Å². The van der Waals surface area contributed by atoms with Crippen molar-refractivity contribution in [2.75, 3.05) is 20.2 Å². The quantitative estimate of drug-likeness (QED) is 0.497. The second-order valence-electron chi connectivity index (χ2n) is 8.92. The van der Waals surface area contributed by atoms with Gasteiger partial charge in [-0.15, -0.1) is 11.3 Å². The van der Waals surface area contributed by atoms with Crippen molar-refractivity contribution in [1.29, 1.82) is 0 Å². The van der Waals surface area contributed by atoms with E-state index in [0.717, 1.165) is 29.7 Å². The number of benzene rings is 2. The number of hydrogen-bond acceptors (Lipinski definition) is 5. The number of hydrogen-bond donors (Lipinski definition) is 1. The molecule has 1 fully saturated rings. The molecule has 1 aliphatic heterocycles. The van der Waals surface area contributed by atoms with Crippen molar-refractivity contribution in [3.63, 3.8) is 0 Å². The fraction of sp³-hybridized carbons (Fsp3) is 0.370. The van der Waals surface area contributed by atoms with Crippen LogP contribution in [0.25, 0.3) is 10.6 Å². The predicted octanol–water partition coefficient (Wildman–Crippen LogP) is 5.07. The first-order valence-corrected chi connectivity index (χ1v) is 12.6. The second-order valence-corrected chi connectivity index (χ2v) is 9.92. The number of methoxy groups -OCH3 is 1. The summed E-state index contributed by atoms with van der Waals surface area (Å²) in [5.41, 5.74) is 2.51. The summed E-state index contributed by atoms with van der Waals surface area (Å²) in [6, 6.07) is 13.8. The molecular weight excluding hydrogens is 465 g/mol. The van der Waals surface area contributed by atoms with Crippen molar-refractivity contribution in [3.05, 3.63) is 70.5 Å². The Kier molecular flexibility index (Phi) is 7.80. The van der Waals surface area contributed by atoms with Gasteiger partial charge in [0, 0.05) is 31.1 Å². The van der Waals surface area contributed by atoms with Crippen molar-refractivity contribution in [1.82, 2.24) is 15.2 Å². The van der Waals surface area contributed by atoms with Gasteiger partial charge in [-0.05, 0) is 67.6 Å². The molecule has 1 aliphatic rings. The van der Waals surface area contributed by atoms with E-state index in [-0.39, 0.29) is 29.5 Å². The lowest BCUT2D eigenvalue weighted by atomic mass is 9.84. The first-order valence-electron chi connectivity index (χ1n) is 11.8. The van der Waals surface area contributed by atoms with Gasteiger partial charge in [0.05, 0.1) is 12.8 Å². The van der Waals surface area contributed by atoms with Gasteiger partial charge in [0.25, 0.3) is 5.91 Å². The molecule has 0 aliphatic carbocycles. The van der Waals surface area contributed by atoms with Crippen LogP contribution in [0.15, 0.2) is 48.5 Å². The number of thiazole rings is 1. The summed E-state index contributed by atoms with van der Waals surface area (Å²) in [5, 5.41) is 3.74. The average molecular weight is 496 g/mol. The highest BCUT2D eigenvalue weighted by Gasteiger charge is 2.31. The Morgan fingerprint density at radius 2 is 1.80 bits per heavy atom. The smallest absolute Gasteiger partial charge is 0.265 e. The summed E-state index contributed by atoms with van der Waals surface area (Å²) < 4.78 is 18.4. The molecule has 2 aromatic carbocycles. The number of halogens is 1. The average Bonchev–Trinajstić information content (AvgIpc) is 3.28. The number of likely N-dealkylation sites (tertiary alicyclic amines) is 1. The van der Waals surface area contributed by atoms with Crippen LogP contribution in [0, 0.1) is 24.6 Å². The van der Waals surface area contributed by atoms with Crippen LogP contribution >= 0.6 is 11.3 Å². The fourth-order valence-corrected chi connectivity index (χ4v) is 5.40. The molecule has 0 bridgehead atoms. The number of piperidine rings is 1. The zero-order valence-electron chi connectivity index (χ0n) is 20.2. The lowest BCUT2D eigenvalue weighted by molar-refractivity contribution is -0.126. The van der Waals surface area contributed by atoms with Crippen molar-refractivity contribution in [2.45, 2.75) is 33.2 Å². The molecule has 0 saturated carbocycles. The molecular formula is C27H30FN3O3S. The van der Waals surface area contributed by atoms with E-state index in [0.29, 0.717) is 35.2 Å². The third-order valence-electron chi connectivity index (χ3n) is 6.66. The number of rotatable bonds is 7. The van der Waals surface area contributed by atoms with E-state index < -0.39 is 0 Å². The molecule has 1 atom stereocenters. The van der Waals surface area contributed by atoms with Crippen LogP contribution in [-0.4, -0.2) is 41.9 Å². The van der Waals surface area contributed by atoms with Gasteiger partial charge in [0.2, 0.25) is 5.91 Å². The summed E-state index contributed by atoms with van der Waals surface area (Å²) in [4.78, 5) is 32.9. The second kappa shape index (κ2) is 11.0. The largest absolute Gasteiger partial charge is 0.497 e. The SMILES string of the molecule is COc1ccc(CNC(=O)C(C)C2CCN(C(=O)c3sc(-c4ccc(F)cc4)nc3C)CC2)cc1. The van der Waals surface area contributed by atoms with Crippen LogP contribution in [0.4, 0.5) is 4.39 Å². The normalized spacial score (nSPS) is 15.0. The van der Waals surface area contributed by atoms with E-state index in [2.05, 4.69) is 10.3 Å². The Labute approximate surface area is 209 Å². The number of carbonyl (C=O) groups excluding carboxylic acids is 2. The number of nitrogens with zero attached hydrogens (tertiary/aromatic N) is 2. The van der Waals surface area contributed by atoms with E-state index in [1.807, 2.05) is 43.0 Å². The maximum atomic E-state index is 13.2. The highest BCUT2D eigenvalue weighted by molar-refractivity contribution is 7.17. The first-order chi connectivity index (χ1) is 16.9. The number of aryl methyl sites for hydroxylation is 1. The third kappa shape index (κ3) is 5.88. The van der Waals surface area contributed by atoms with E-state index >= 15 is 0 Å². The molecule has 1 unspecified atom stereocenters. The number of nitrogens with one attached hydrogen (secondary N) is 1. The molecule has 1 N–H and O–H groups in total. The molecule has 1 aromatic heterocycles. The topological polar surface area (TPSA) is 71.5 Å². The molecule has 4 rings (SSSR count). The standard InChI is InChI=1S/C27H30FN3O3S/c1-17(25(32)29-16-19-4-10-23(34-3)11-5-19)20-12-14-31(15-13-20)27(33)24-18(2)30-26(35-24)21-6-8-22(28)9-7-21/h4-11,17,20H,12-16H2,1-3H3,(H,29,32). The minimum absolute atomic E-state index is 0.0246. The molecule has 35 heavy (non-hydrogen) atoms. The van der Waals surface area contributed by atoms with E-state index in [1.165, 1.54) is 23.5 Å². The Morgan fingerprint density at radius 1 is 1.14 bits per heavy atom. The summed E-state index contributed by atoms with van der Waals surface area (Å²) in [6.45, 7) is 5.50. The fourth-order valence-electron chi connectivity index (χ4n) is 4.36. The van der Waals surface area contributed by atoms with Gasteiger partial charge in [-0.3, -0.25) is 9.59 Å². The van der Waals surface area contributed by atoms with Crippen LogP contribution in [-0.2, 0) is 11.3 Å². The van der Waals surface area contributed by atoms with Crippen LogP contribution in [0.1, 0.15) is 40.7 Å². The monoisotopic (exact) mass is 495 g/mol. The summed E-state index contributed by atoms with van der Waals surface area (Å²) in [5.74, 6) is 0.601. The van der Waals surface area contributed by atoms with Crippen molar-refractivity contribution >= 4 is 23.2 Å². The molecule has 0 radical (unpaired) electrons. The van der Waals surface area contributed by atoms with Gasteiger partial charge in [-0.2, -0.15) is 0 Å². The maximum absolute atomic E-state index is 13.2. The summed E-state index contributed by atoms with van der Waals surface area (Å²) in [6.07, 6.45) is 1.57. The van der Waals surface area contributed by atoms with E-state index in [1.54, 1.807) is 19.2 Å². The first kappa shape index (κ1) is 24.9. The summed E-state index contributed by atoms with van der Waals surface area (Å²) in [7, 11) is 1.63. The Morgan fingerprint density at radius 3 is 2.43 bits per heavy atom. The molecule has 0 spiro atoms. The van der Waals surface area contributed by atoms with E-state index in [4.69, 9.17) is 4.74 Å². The summed E-state index contributed by atoms with van der Waals surface area (Å²) >= 11 is 1.34. The minimum atomic E-state index is -0.301. The number of carbonyl (C=O) groups is 2. The van der Waals surface area contributed by atoms with Crippen molar-refractivity contribution in [3.8, 4) is 16.3 Å². The van der Waals surface area contributed by atoms with E-state index in [9.17, 15) is 14.0 Å². The van der Waals surface area contributed by atoms with Gasteiger partial charge in [-0.1, -0.05) is 19.1 Å². The van der Waals surface area contributed by atoms with Crippen LogP contribution in [0.2, 0.25) is 0 Å². The Bertz CT molecular complexity index is 1170. The van der Waals surface area contributed by atoms with Gasteiger partial charge in [-0.25, -0.2) is 9.37 Å². The number of aromatic nitrogens is 1. The lowest BCUT2D eigenvalue weighted by Gasteiger charge is -2.34. The van der Waals surface area contributed by atoms with Gasteiger partial charge in [0.1, 0.15) is 21.5 Å². The van der Waals surface area contributed by atoms with Gasteiger partial charge >= 0.3 is 0 Å². The van der Waals surface area contributed by atoms with Crippen LogP contribution in [0.5, 0.6) is 5.75 Å². The maximum Gasteiger partial charge on any atom is 0.265 e. The highest BCUT2D eigenvalue weighted by atomic mass is 32.1. The predicted molar refractivity (Wildman–Crippen MR) is 135 cm³/mol. The molecule has 6 nitrogen and oxygen atoms in total. The lowest BCUT2D eigenvalue weighted by Crippen LogP contribution is -2.42. The molecule has 2 amide bonds. The van der Waals surface area contributed by atoms with Crippen LogP contribution < -0.4 is 10.1 Å². The molecule has 3 aromatic rings. The Balaban J connectivity index is 1.30. The highest BCUT2D eigenvalue weighted by Crippen LogP contribution is 2.31. The van der Waals surface area contributed by atoms with Crippen LogP contribution in [0.3, 0.4) is 0 Å². The number of ether oxygens (including phenoxy) is 1. The van der Waals surface area contributed by atoms with Crippen molar-refractivity contribution in [2.24, 2.45) is 11.8 Å². The molecule has 1 saturated heterocycles. The zero-order valence-corrected chi connectivity index (χ0v) is 21.0. The molecule has 2 heterocycles. The van der Waals surface area contributed by atoms with Gasteiger partial charge in [0.15, 0.2) is 0 Å². The minimum Gasteiger partial charge on any atom is -0.497 e. The third-order valence-corrected chi connectivity index (χ3v) is 7.85. The number of amides is 2. The zero-order chi connectivity index (χ0) is 24.9.